The Kier molecular flexibility index (Phi) is 8.80. The molecular weight excluding hydrogens is 470 g/mol. The number of ether oxygens (including phenoxy) is 4. The summed E-state index contributed by atoms with van der Waals surface area (Å²) in [5, 5.41) is 10.1. The first-order valence-electron chi connectivity index (χ1n) is 10.6. The Bertz CT molecular complexity index is 1210. The highest BCUT2D eigenvalue weighted by Crippen LogP contribution is 2.41. The fourth-order valence-corrected chi connectivity index (χ4v) is 3.90. The maximum atomic E-state index is 12.4. The van der Waals surface area contributed by atoms with Gasteiger partial charge in [-0.2, -0.15) is 5.10 Å². The molecule has 0 radical (unpaired) electrons. The molecule has 1 aromatic heterocycles. The summed E-state index contributed by atoms with van der Waals surface area (Å²) in [6, 6.07) is 10.9. The van der Waals surface area contributed by atoms with Crippen molar-refractivity contribution in [2.24, 2.45) is 0 Å². The number of hydrogen-bond donors (Lipinski definition) is 2. The highest BCUT2D eigenvalue weighted by Gasteiger charge is 2.17. The van der Waals surface area contributed by atoms with Gasteiger partial charge in [0.2, 0.25) is 16.8 Å². The second-order valence-electron chi connectivity index (χ2n) is 7.15. The smallest absolute Gasteiger partial charge is 0.234 e. The topological polar surface area (TPSA) is 112 Å². The minimum atomic E-state index is -0.314. The van der Waals surface area contributed by atoms with E-state index < -0.39 is 0 Å². The highest BCUT2D eigenvalue weighted by molar-refractivity contribution is 8.14. The summed E-state index contributed by atoms with van der Waals surface area (Å²) in [5.74, 6) is 1.71. The first-order chi connectivity index (χ1) is 16.9. The summed E-state index contributed by atoms with van der Waals surface area (Å²) < 4.78 is 21.6. The zero-order valence-corrected chi connectivity index (χ0v) is 20.9. The van der Waals surface area contributed by atoms with Gasteiger partial charge in [0, 0.05) is 11.1 Å². The summed E-state index contributed by atoms with van der Waals surface area (Å²) in [6.07, 6.45) is 3.06. The average Bonchev–Trinajstić information content (AvgIpc) is 3.37. The van der Waals surface area contributed by atoms with E-state index in [-0.39, 0.29) is 16.8 Å². The number of nitrogens with one attached hydrogen (secondary N) is 2. The number of rotatable bonds is 10. The number of hydrogen-bond acceptors (Lipinski definition) is 8. The molecule has 1 amide bonds. The summed E-state index contributed by atoms with van der Waals surface area (Å²) in [7, 11) is 6.18. The molecule has 0 aliphatic rings. The number of anilines is 1. The van der Waals surface area contributed by atoms with E-state index in [1.54, 1.807) is 46.5 Å². The second-order valence-corrected chi connectivity index (χ2v) is 8.13. The van der Waals surface area contributed by atoms with Crippen LogP contribution in [0.2, 0.25) is 0 Å². The van der Waals surface area contributed by atoms with Crippen LogP contribution in [0, 0.1) is 0 Å². The largest absolute Gasteiger partial charge is 0.495 e. The van der Waals surface area contributed by atoms with Crippen LogP contribution >= 0.6 is 11.8 Å². The molecule has 0 saturated carbocycles. The van der Waals surface area contributed by atoms with E-state index >= 15 is 0 Å². The molecule has 0 bridgehead atoms. The van der Waals surface area contributed by atoms with Crippen LogP contribution in [0.3, 0.4) is 0 Å². The van der Waals surface area contributed by atoms with E-state index in [0.717, 1.165) is 28.6 Å². The van der Waals surface area contributed by atoms with Crippen molar-refractivity contribution in [3.05, 3.63) is 48.6 Å². The number of aromatic amines is 1. The molecule has 184 valence electrons. The van der Waals surface area contributed by atoms with Gasteiger partial charge in [-0.25, -0.2) is 0 Å². The van der Waals surface area contributed by atoms with Gasteiger partial charge >= 0.3 is 0 Å². The predicted octanol–water partition coefficient (Wildman–Crippen LogP) is 4.55. The Balaban J connectivity index is 1.86. The number of carbonyl (C=O) groups excluding carboxylic acids is 2. The molecule has 9 nitrogen and oxygen atoms in total. The lowest BCUT2D eigenvalue weighted by molar-refractivity contribution is -0.114. The second kappa shape index (κ2) is 12.0. The normalized spacial score (nSPS) is 10.8. The van der Waals surface area contributed by atoms with E-state index in [9.17, 15) is 9.59 Å². The van der Waals surface area contributed by atoms with Gasteiger partial charge in [0.1, 0.15) is 5.75 Å². The number of H-pyrrole nitrogens is 1. The van der Waals surface area contributed by atoms with E-state index in [0.29, 0.717) is 34.4 Å². The van der Waals surface area contributed by atoms with Crippen molar-refractivity contribution in [1.82, 2.24) is 10.2 Å². The number of allylic oxidation sites excluding steroid dienone is 1. The molecule has 3 rings (SSSR count). The monoisotopic (exact) mass is 497 g/mol. The zero-order chi connectivity index (χ0) is 25.4. The van der Waals surface area contributed by atoms with Crippen molar-refractivity contribution in [1.29, 1.82) is 0 Å². The van der Waals surface area contributed by atoms with Crippen LogP contribution in [0.4, 0.5) is 5.69 Å². The van der Waals surface area contributed by atoms with E-state index in [1.165, 1.54) is 13.2 Å². The van der Waals surface area contributed by atoms with Crippen LogP contribution in [0.15, 0.2) is 48.6 Å². The van der Waals surface area contributed by atoms with Crippen molar-refractivity contribution >= 4 is 28.5 Å². The van der Waals surface area contributed by atoms with Gasteiger partial charge in [0.15, 0.2) is 11.5 Å². The minimum absolute atomic E-state index is 0.00804. The predicted molar refractivity (Wildman–Crippen MR) is 137 cm³/mol. The van der Waals surface area contributed by atoms with Gasteiger partial charge in [0.05, 0.1) is 51.3 Å². The van der Waals surface area contributed by atoms with E-state index in [4.69, 9.17) is 18.9 Å². The Morgan fingerprint density at radius 1 is 0.943 bits per heavy atom. The molecule has 0 unspecified atom stereocenters. The first-order valence-corrected chi connectivity index (χ1v) is 11.6. The Morgan fingerprint density at radius 2 is 1.63 bits per heavy atom. The average molecular weight is 498 g/mol. The fraction of sp³-hybridized carbons (Fsp3) is 0.240. The quantitative estimate of drug-likeness (QED) is 0.392. The lowest BCUT2D eigenvalue weighted by Crippen LogP contribution is -2.15. The number of benzene rings is 2. The molecule has 0 spiro atoms. The SMILES string of the molecule is C/C=C/C(=O)SCC(=O)Nc1cc(-c2cc(-c3cc(OC)c(OC)c(OC)c3)n[nH]2)ccc1OC. The molecule has 0 atom stereocenters. The van der Waals surface area contributed by atoms with Crippen LogP contribution in [-0.2, 0) is 9.59 Å². The summed E-state index contributed by atoms with van der Waals surface area (Å²) >= 11 is 0.928. The third kappa shape index (κ3) is 6.15. The minimum Gasteiger partial charge on any atom is -0.495 e. The van der Waals surface area contributed by atoms with Crippen molar-refractivity contribution < 1.29 is 28.5 Å². The number of carbonyl (C=O) groups is 2. The fourth-order valence-electron chi connectivity index (χ4n) is 3.33. The van der Waals surface area contributed by atoms with Gasteiger partial charge < -0.3 is 24.3 Å². The number of nitrogens with zero attached hydrogens (tertiary/aromatic N) is 1. The lowest BCUT2D eigenvalue weighted by atomic mass is 10.1. The number of methoxy groups -OCH3 is 4. The van der Waals surface area contributed by atoms with Gasteiger partial charge in [-0.3, -0.25) is 14.7 Å². The summed E-state index contributed by atoms with van der Waals surface area (Å²) in [4.78, 5) is 24.0. The van der Waals surface area contributed by atoms with Crippen LogP contribution in [0.1, 0.15) is 6.92 Å². The van der Waals surface area contributed by atoms with E-state index in [1.807, 2.05) is 24.3 Å². The van der Waals surface area contributed by atoms with Gasteiger partial charge in [-0.1, -0.05) is 17.8 Å². The molecule has 3 aromatic rings. The van der Waals surface area contributed by atoms with Crippen molar-refractivity contribution in [3.63, 3.8) is 0 Å². The molecule has 1 heterocycles. The van der Waals surface area contributed by atoms with E-state index in [2.05, 4.69) is 15.5 Å². The van der Waals surface area contributed by atoms with Crippen molar-refractivity contribution in [3.8, 4) is 45.5 Å². The molecule has 35 heavy (non-hydrogen) atoms. The Labute approximate surface area is 207 Å². The van der Waals surface area contributed by atoms with Gasteiger partial charge in [-0.05, 0) is 49.4 Å². The summed E-state index contributed by atoms with van der Waals surface area (Å²) in [5.41, 5.74) is 3.43. The van der Waals surface area contributed by atoms with Crippen LogP contribution < -0.4 is 24.3 Å². The maximum absolute atomic E-state index is 12.4. The van der Waals surface area contributed by atoms with Crippen molar-refractivity contribution in [2.75, 3.05) is 39.5 Å². The van der Waals surface area contributed by atoms with Gasteiger partial charge in [-0.15, -0.1) is 0 Å². The van der Waals surface area contributed by atoms with Gasteiger partial charge in [0.25, 0.3) is 0 Å². The highest BCUT2D eigenvalue weighted by atomic mass is 32.2. The molecular formula is C25H27N3O6S. The molecule has 0 saturated heterocycles. The van der Waals surface area contributed by atoms with Crippen LogP contribution in [0.5, 0.6) is 23.0 Å². The number of amides is 1. The lowest BCUT2D eigenvalue weighted by Gasteiger charge is -2.13. The molecule has 0 aliphatic heterocycles. The standard InChI is InChI=1S/C25H27N3O6S/c1-6-7-24(30)35-14-23(29)26-19-10-15(8-9-20(19)31-2)17-13-18(28-27-17)16-11-21(32-3)25(34-5)22(12-16)33-4/h6-13H,14H2,1-5H3,(H,26,29)(H,27,28)/b7-6+. The number of thioether (sulfide) groups is 1. The molecule has 10 heteroatoms. The molecule has 0 fully saturated rings. The zero-order valence-electron chi connectivity index (χ0n) is 20.1. The number of aromatic nitrogens is 2. The Hall–Kier alpha value is -3.92. The van der Waals surface area contributed by atoms with Crippen molar-refractivity contribution in [2.45, 2.75) is 6.92 Å². The van der Waals surface area contributed by atoms with Crippen LogP contribution in [-0.4, -0.2) is 55.4 Å². The summed E-state index contributed by atoms with van der Waals surface area (Å²) in [6.45, 7) is 1.75. The maximum Gasteiger partial charge on any atom is 0.234 e. The first kappa shape index (κ1) is 25.7. The third-order valence-corrected chi connectivity index (χ3v) is 5.80. The molecule has 2 aromatic carbocycles. The Morgan fingerprint density at radius 3 is 2.23 bits per heavy atom. The molecule has 0 aliphatic carbocycles. The third-order valence-electron chi connectivity index (χ3n) is 4.97. The molecule has 2 N–H and O–H groups in total. The van der Waals surface area contributed by atoms with Crippen LogP contribution in [0.25, 0.3) is 22.5 Å².